The molecule has 1 amide bonds. The first-order valence-corrected chi connectivity index (χ1v) is 6.45. The molecule has 0 aliphatic carbocycles. The number of nitrogens with one attached hydrogen (secondary N) is 2. The molecular weight excluding hydrogens is 230 g/mol. The third kappa shape index (κ3) is 2.41. The number of aryl methyl sites for hydroxylation is 1. The van der Waals surface area contributed by atoms with E-state index in [9.17, 15) is 4.79 Å². The van der Waals surface area contributed by atoms with Gasteiger partial charge in [-0.3, -0.25) is 4.79 Å². The van der Waals surface area contributed by atoms with Crippen molar-refractivity contribution in [1.82, 2.24) is 15.6 Å². The monoisotopic (exact) mass is 251 g/mol. The van der Waals surface area contributed by atoms with Gasteiger partial charge in [0.05, 0.1) is 18.2 Å². The summed E-state index contributed by atoms with van der Waals surface area (Å²) < 4.78 is 5.35. The highest BCUT2D eigenvalue weighted by Gasteiger charge is 2.43. The number of amides is 1. The van der Waals surface area contributed by atoms with Crippen LogP contribution in [0.4, 0.5) is 0 Å². The number of aromatic nitrogens is 1. The first-order chi connectivity index (χ1) is 8.54. The first-order valence-electron chi connectivity index (χ1n) is 6.45. The zero-order valence-corrected chi connectivity index (χ0v) is 11.2. The van der Waals surface area contributed by atoms with Crippen LogP contribution in [0.5, 0.6) is 0 Å². The molecule has 1 aromatic rings. The highest BCUT2D eigenvalue weighted by Crippen LogP contribution is 2.34. The summed E-state index contributed by atoms with van der Waals surface area (Å²) in [4.78, 5) is 16.5. The van der Waals surface area contributed by atoms with Crippen LogP contribution in [0.3, 0.4) is 0 Å². The van der Waals surface area contributed by atoms with Gasteiger partial charge in [-0.15, -0.1) is 0 Å². The minimum absolute atomic E-state index is 0.0957. The lowest BCUT2D eigenvalue weighted by Crippen LogP contribution is -2.45. The van der Waals surface area contributed by atoms with Crippen LogP contribution in [0.25, 0.3) is 0 Å². The van der Waals surface area contributed by atoms with Crippen molar-refractivity contribution < 1.29 is 9.21 Å². The topological polar surface area (TPSA) is 67.2 Å². The molecule has 100 valence electrons. The lowest BCUT2D eigenvalue weighted by molar-refractivity contribution is -0.132. The molecule has 0 saturated carbocycles. The van der Waals surface area contributed by atoms with Gasteiger partial charge in [0, 0.05) is 6.54 Å². The molecule has 0 bridgehead atoms. The Kier molecular flexibility index (Phi) is 3.71. The summed E-state index contributed by atoms with van der Waals surface area (Å²) in [5.74, 6) is 1.74. The fourth-order valence-corrected chi connectivity index (χ4v) is 2.48. The molecule has 1 fully saturated rings. The second-order valence-corrected chi connectivity index (χ2v) is 5.28. The minimum Gasteiger partial charge on any atom is -0.444 e. The van der Waals surface area contributed by atoms with Gasteiger partial charge >= 0.3 is 0 Å². The van der Waals surface area contributed by atoms with Gasteiger partial charge in [-0.1, -0.05) is 13.8 Å². The standard InChI is InChI=1S/C13H21N3O2/c1-9(2)13(4-5-14-8-13)12(17)16-7-11-15-6-10(3)18-11/h6,9,14H,4-5,7-8H2,1-3H3,(H,16,17). The van der Waals surface area contributed by atoms with Crippen molar-refractivity contribution in [2.75, 3.05) is 13.1 Å². The molecule has 0 aromatic carbocycles. The first kappa shape index (κ1) is 13.1. The molecule has 2 N–H and O–H groups in total. The average Bonchev–Trinajstić information content (AvgIpc) is 2.95. The maximum Gasteiger partial charge on any atom is 0.228 e. The van der Waals surface area contributed by atoms with Crippen molar-refractivity contribution in [3.8, 4) is 0 Å². The summed E-state index contributed by atoms with van der Waals surface area (Å²) in [6, 6.07) is 0. The molecule has 1 atom stereocenters. The van der Waals surface area contributed by atoms with Gasteiger partial charge in [0.25, 0.3) is 0 Å². The molecule has 5 nitrogen and oxygen atoms in total. The highest BCUT2D eigenvalue weighted by atomic mass is 16.4. The predicted octanol–water partition coefficient (Wildman–Crippen LogP) is 1.23. The molecule has 1 aliphatic rings. The van der Waals surface area contributed by atoms with E-state index in [1.165, 1.54) is 0 Å². The minimum atomic E-state index is -0.290. The van der Waals surface area contributed by atoms with E-state index in [4.69, 9.17) is 4.42 Å². The number of oxazole rings is 1. The Labute approximate surface area is 107 Å². The largest absolute Gasteiger partial charge is 0.444 e. The van der Waals surface area contributed by atoms with E-state index >= 15 is 0 Å². The quantitative estimate of drug-likeness (QED) is 0.844. The van der Waals surface area contributed by atoms with Crippen molar-refractivity contribution in [2.45, 2.75) is 33.7 Å². The molecule has 2 heterocycles. The lowest BCUT2D eigenvalue weighted by Gasteiger charge is -2.30. The summed E-state index contributed by atoms with van der Waals surface area (Å²) in [6.45, 7) is 8.06. The molecule has 1 aliphatic heterocycles. The van der Waals surface area contributed by atoms with E-state index in [2.05, 4.69) is 29.5 Å². The van der Waals surface area contributed by atoms with Gasteiger partial charge in [0.2, 0.25) is 11.8 Å². The van der Waals surface area contributed by atoms with Gasteiger partial charge in [0.1, 0.15) is 5.76 Å². The summed E-state index contributed by atoms with van der Waals surface area (Å²) in [5.41, 5.74) is -0.290. The van der Waals surface area contributed by atoms with Crippen LogP contribution in [-0.2, 0) is 11.3 Å². The van der Waals surface area contributed by atoms with Gasteiger partial charge in [0.15, 0.2) is 0 Å². The van der Waals surface area contributed by atoms with Crippen LogP contribution in [0.2, 0.25) is 0 Å². The van der Waals surface area contributed by atoms with E-state index in [0.29, 0.717) is 18.4 Å². The number of rotatable bonds is 4. The van der Waals surface area contributed by atoms with Crippen molar-refractivity contribution >= 4 is 5.91 Å². The van der Waals surface area contributed by atoms with Gasteiger partial charge in [-0.05, 0) is 25.8 Å². The molecule has 0 spiro atoms. The number of carbonyl (C=O) groups is 1. The Morgan fingerprint density at radius 3 is 2.94 bits per heavy atom. The number of hydrogen-bond acceptors (Lipinski definition) is 4. The van der Waals surface area contributed by atoms with E-state index in [0.717, 1.165) is 25.3 Å². The third-order valence-electron chi connectivity index (χ3n) is 3.82. The van der Waals surface area contributed by atoms with Crippen LogP contribution in [0.1, 0.15) is 31.9 Å². The fourth-order valence-electron chi connectivity index (χ4n) is 2.48. The Balaban J connectivity index is 1.98. The summed E-state index contributed by atoms with van der Waals surface area (Å²) in [7, 11) is 0. The maximum absolute atomic E-state index is 12.4. The Hall–Kier alpha value is -1.36. The SMILES string of the molecule is Cc1cnc(CNC(=O)C2(C(C)C)CCNC2)o1. The molecule has 18 heavy (non-hydrogen) atoms. The third-order valence-corrected chi connectivity index (χ3v) is 3.82. The van der Waals surface area contributed by atoms with Gasteiger partial charge in [-0.2, -0.15) is 0 Å². The molecule has 0 radical (unpaired) electrons. The second-order valence-electron chi connectivity index (χ2n) is 5.28. The Bertz CT molecular complexity index is 420. The predicted molar refractivity (Wildman–Crippen MR) is 67.8 cm³/mol. The molecule has 2 rings (SSSR count). The molecule has 5 heteroatoms. The molecular formula is C13H21N3O2. The van der Waals surface area contributed by atoms with Crippen molar-refractivity contribution in [2.24, 2.45) is 11.3 Å². The lowest BCUT2D eigenvalue weighted by atomic mass is 9.75. The van der Waals surface area contributed by atoms with E-state index < -0.39 is 0 Å². The zero-order chi connectivity index (χ0) is 13.2. The van der Waals surface area contributed by atoms with E-state index in [-0.39, 0.29) is 11.3 Å². The Morgan fingerprint density at radius 1 is 1.67 bits per heavy atom. The van der Waals surface area contributed by atoms with Gasteiger partial charge in [-0.25, -0.2) is 4.98 Å². The normalized spacial score (nSPS) is 23.6. The second kappa shape index (κ2) is 5.10. The summed E-state index contributed by atoms with van der Waals surface area (Å²) in [6.07, 6.45) is 2.55. The zero-order valence-electron chi connectivity index (χ0n) is 11.2. The van der Waals surface area contributed by atoms with Crippen molar-refractivity contribution in [3.63, 3.8) is 0 Å². The van der Waals surface area contributed by atoms with E-state index in [1.54, 1.807) is 6.20 Å². The number of hydrogen-bond donors (Lipinski definition) is 2. The summed E-state index contributed by atoms with van der Waals surface area (Å²) in [5, 5.41) is 6.22. The van der Waals surface area contributed by atoms with Crippen LogP contribution in [-0.4, -0.2) is 24.0 Å². The smallest absolute Gasteiger partial charge is 0.228 e. The van der Waals surface area contributed by atoms with Crippen molar-refractivity contribution in [1.29, 1.82) is 0 Å². The van der Waals surface area contributed by atoms with E-state index in [1.807, 2.05) is 6.92 Å². The van der Waals surface area contributed by atoms with Crippen LogP contribution in [0, 0.1) is 18.3 Å². The van der Waals surface area contributed by atoms with Gasteiger partial charge < -0.3 is 15.1 Å². The van der Waals surface area contributed by atoms with Crippen LogP contribution in [0.15, 0.2) is 10.6 Å². The summed E-state index contributed by atoms with van der Waals surface area (Å²) >= 11 is 0. The number of nitrogens with zero attached hydrogens (tertiary/aromatic N) is 1. The molecule has 1 unspecified atom stereocenters. The average molecular weight is 251 g/mol. The highest BCUT2D eigenvalue weighted by molar-refractivity contribution is 5.83. The number of carbonyl (C=O) groups excluding carboxylic acids is 1. The Morgan fingerprint density at radius 2 is 2.44 bits per heavy atom. The molecule has 1 saturated heterocycles. The molecule has 1 aromatic heterocycles. The fraction of sp³-hybridized carbons (Fsp3) is 0.692. The van der Waals surface area contributed by atoms with Crippen LogP contribution < -0.4 is 10.6 Å². The van der Waals surface area contributed by atoms with Crippen LogP contribution >= 0.6 is 0 Å². The van der Waals surface area contributed by atoms with Crippen molar-refractivity contribution in [3.05, 3.63) is 17.8 Å². The maximum atomic E-state index is 12.4.